The molecule has 0 radical (unpaired) electrons. The number of rotatable bonds is 9. The van der Waals surface area contributed by atoms with Crippen molar-refractivity contribution in [2.75, 3.05) is 18.5 Å². The highest BCUT2D eigenvalue weighted by atomic mass is 19.3. The molecule has 1 aliphatic carbocycles. The fourth-order valence-electron chi connectivity index (χ4n) is 4.23. The summed E-state index contributed by atoms with van der Waals surface area (Å²) in [6.07, 6.45) is -0.403. The molecule has 2 N–H and O–H groups in total. The van der Waals surface area contributed by atoms with Crippen LogP contribution >= 0.6 is 0 Å². The minimum Gasteiger partial charge on any atom is -0.352 e. The van der Waals surface area contributed by atoms with Gasteiger partial charge >= 0.3 is 0 Å². The normalized spacial score (nSPS) is 17.8. The van der Waals surface area contributed by atoms with Crippen LogP contribution in [0.4, 0.5) is 23.4 Å². The number of carbonyl (C=O) groups is 1. The molecule has 2 fully saturated rings. The van der Waals surface area contributed by atoms with Crippen LogP contribution in [0.2, 0.25) is 0 Å². The molecule has 2 aliphatic rings. The molecule has 1 aromatic heterocycles. The van der Waals surface area contributed by atoms with Crippen molar-refractivity contribution in [3.05, 3.63) is 52.0 Å². The standard InChI is InChI=1S/C25H26F4N4O3/c1-4-17(15-6-5-7-16(13(15)2)21(26)27)32-22-20(23-35-10-11-36-23)18(30-14(3)31-22)12-19(34)33-25(8-9-25)24(28)29/h1,5-7,17,21,23-24H,8-12H2,2-3H3,(H,33,34)(H,30,31,32)/t17-/m1/s1. The van der Waals surface area contributed by atoms with Gasteiger partial charge in [0.2, 0.25) is 5.91 Å². The van der Waals surface area contributed by atoms with E-state index in [1.165, 1.54) is 12.1 Å². The number of alkyl halides is 4. The maximum Gasteiger partial charge on any atom is 0.264 e. The molecule has 2 aromatic rings. The number of nitrogens with one attached hydrogen (secondary N) is 2. The van der Waals surface area contributed by atoms with Gasteiger partial charge in [-0.25, -0.2) is 27.5 Å². The van der Waals surface area contributed by atoms with Crippen molar-refractivity contribution in [2.24, 2.45) is 0 Å². The molecule has 0 bridgehead atoms. The fourth-order valence-corrected chi connectivity index (χ4v) is 4.23. The molecule has 2 heterocycles. The van der Waals surface area contributed by atoms with Crippen LogP contribution in [0.3, 0.4) is 0 Å². The van der Waals surface area contributed by atoms with Crippen LogP contribution in [-0.4, -0.2) is 41.1 Å². The highest BCUT2D eigenvalue weighted by molar-refractivity contribution is 5.80. The van der Waals surface area contributed by atoms with E-state index in [9.17, 15) is 22.4 Å². The lowest BCUT2D eigenvalue weighted by Gasteiger charge is -2.23. The second kappa shape index (κ2) is 10.4. The van der Waals surface area contributed by atoms with E-state index >= 15 is 0 Å². The topological polar surface area (TPSA) is 85.4 Å². The van der Waals surface area contributed by atoms with E-state index in [4.69, 9.17) is 15.9 Å². The van der Waals surface area contributed by atoms with Gasteiger partial charge in [-0.1, -0.05) is 24.1 Å². The Morgan fingerprint density at radius 1 is 1.17 bits per heavy atom. The molecule has 1 aliphatic heterocycles. The van der Waals surface area contributed by atoms with Gasteiger partial charge in [-0.15, -0.1) is 6.42 Å². The number of benzene rings is 1. The van der Waals surface area contributed by atoms with E-state index in [0.717, 1.165) is 0 Å². The molecular formula is C25H26F4N4O3. The fraction of sp³-hybridized carbons (Fsp3) is 0.480. The molecule has 1 amide bonds. The van der Waals surface area contributed by atoms with Gasteiger partial charge in [-0.05, 0) is 37.8 Å². The van der Waals surface area contributed by atoms with Crippen LogP contribution in [0.15, 0.2) is 18.2 Å². The first-order chi connectivity index (χ1) is 17.1. The third-order valence-electron chi connectivity index (χ3n) is 6.33. The van der Waals surface area contributed by atoms with Gasteiger partial charge in [0, 0.05) is 5.56 Å². The van der Waals surface area contributed by atoms with Crippen molar-refractivity contribution >= 4 is 11.7 Å². The quantitative estimate of drug-likeness (QED) is 0.389. The van der Waals surface area contributed by atoms with E-state index in [1.807, 2.05) is 0 Å². The van der Waals surface area contributed by atoms with E-state index in [0.29, 0.717) is 16.7 Å². The zero-order valence-electron chi connectivity index (χ0n) is 19.8. The van der Waals surface area contributed by atoms with Crippen molar-refractivity contribution in [2.45, 2.75) is 63.8 Å². The average molecular weight is 507 g/mol. The first-order valence-corrected chi connectivity index (χ1v) is 11.4. The van der Waals surface area contributed by atoms with E-state index in [-0.39, 0.29) is 55.4 Å². The lowest BCUT2D eigenvalue weighted by molar-refractivity contribution is -0.122. The minimum absolute atomic E-state index is 0.138. The highest BCUT2D eigenvalue weighted by Crippen LogP contribution is 2.41. The van der Waals surface area contributed by atoms with Crippen molar-refractivity contribution in [3.8, 4) is 12.3 Å². The summed E-state index contributed by atoms with van der Waals surface area (Å²) in [5.41, 5.74) is -0.307. The maximum absolute atomic E-state index is 13.5. The molecule has 7 nitrogen and oxygen atoms in total. The monoisotopic (exact) mass is 506 g/mol. The molecule has 1 saturated carbocycles. The third-order valence-corrected chi connectivity index (χ3v) is 6.33. The number of halogens is 4. The number of anilines is 1. The summed E-state index contributed by atoms with van der Waals surface area (Å²) in [6, 6.07) is 3.62. The Balaban J connectivity index is 1.69. The summed E-state index contributed by atoms with van der Waals surface area (Å²) in [5.74, 6) is 2.43. The van der Waals surface area contributed by atoms with Gasteiger partial charge in [-0.2, -0.15) is 0 Å². The Kier molecular flexibility index (Phi) is 7.47. The van der Waals surface area contributed by atoms with Gasteiger partial charge in [0.25, 0.3) is 12.9 Å². The van der Waals surface area contributed by atoms with Gasteiger partial charge < -0.3 is 20.1 Å². The first kappa shape index (κ1) is 25.9. The lowest BCUT2D eigenvalue weighted by Crippen LogP contribution is -2.43. The molecule has 1 atom stereocenters. The number of nitrogens with zero attached hydrogens (tertiary/aromatic N) is 2. The Hall–Kier alpha value is -3.23. The van der Waals surface area contributed by atoms with Gasteiger partial charge in [0.05, 0.1) is 30.9 Å². The zero-order chi connectivity index (χ0) is 26.0. The van der Waals surface area contributed by atoms with Gasteiger partial charge in [0.1, 0.15) is 23.2 Å². The largest absolute Gasteiger partial charge is 0.352 e. The maximum atomic E-state index is 13.5. The first-order valence-electron chi connectivity index (χ1n) is 11.4. The Morgan fingerprint density at radius 3 is 2.42 bits per heavy atom. The zero-order valence-corrected chi connectivity index (χ0v) is 19.8. The Bertz CT molecular complexity index is 1170. The molecule has 192 valence electrons. The van der Waals surface area contributed by atoms with Crippen LogP contribution < -0.4 is 10.6 Å². The molecule has 36 heavy (non-hydrogen) atoms. The summed E-state index contributed by atoms with van der Waals surface area (Å²) in [7, 11) is 0. The second-order valence-corrected chi connectivity index (χ2v) is 8.84. The van der Waals surface area contributed by atoms with E-state index < -0.39 is 36.6 Å². The number of terminal acetylenes is 1. The number of ether oxygens (including phenoxy) is 2. The van der Waals surface area contributed by atoms with E-state index in [2.05, 4.69) is 26.5 Å². The second-order valence-electron chi connectivity index (χ2n) is 8.84. The smallest absolute Gasteiger partial charge is 0.264 e. The molecule has 1 saturated heterocycles. The van der Waals surface area contributed by atoms with Crippen LogP contribution in [0.1, 0.15) is 65.4 Å². The Labute approximate surface area is 206 Å². The minimum atomic E-state index is -2.67. The number of carbonyl (C=O) groups excluding carboxylic acids is 1. The van der Waals surface area contributed by atoms with Crippen molar-refractivity contribution in [3.63, 3.8) is 0 Å². The summed E-state index contributed by atoms with van der Waals surface area (Å²) in [6.45, 7) is 3.73. The predicted molar refractivity (Wildman–Crippen MR) is 123 cm³/mol. The van der Waals surface area contributed by atoms with Crippen molar-refractivity contribution in [1.29, 1.82) is 0 Å². The van der Waals surface area contributed by atoms with Crippen LogP contribution in [-0.2, 0) is 20.7 Å². The number of hydrogen-bond acceptors (Lipinski definition) is 6. The number of aromatic nitrogens is 2. The summed E-state index contributed by atoms with van der Waals surface area (Å²) < 4.78 is 64.9. The van der Waals surface area contributed by atoms with E-state index in [1.54, 1.807) is 19.9 Å². The van der Waals surface area contributed by atoms with Crippen LogP contribution in [0.5, 0.6) is 0 Å². The molecule has 11 heteroatoms. The molecular weight excluding hydrogens is 480 g/mol. The van der Waals surface area contributed by atoms with Crippen molar-refractivity contribution < 1.29 is 31.8 Å². The highest BCUT2D eigenvalue weighted by Gasteiger charge is 2.52. The van der Waals surface area contributed by atoms with Crippen molar-refractivity contribution in [1.82, 2.24) is 15.3 Å². The molecule has 1 aromatic carbocycles. The number of aryl methyl sites for hydroxylation is 1. The number of hydrogen-bond donors (Lipinski definition) is 2. The summed E-state index contributed by atoms with van der Waals surface area (Å²) in [5, 5.41) is 5.51. The third kappa shape index (κ3) is 5.29. The lowest BCUT2D eigenvalue weighted by atomic mass is 9.97. The van der Waals surface area contributed by atoms with Gasteiger partial charge in [-0.3, -0.25) is 4.79 Å². The number of amides is 1. The predicted octanol–water partition coefficient (Wildman–Crippen LogP) is 4.32. The Morgan fingerprint density at radius 2 is 1.83 bits per heavy atom. The molecule has 0 spiro atoms. The molecule has 4 rings (SSSR count). The average Bonchev–Trinajstić information content (AvgIpc) is 3.40. The molecule has 0 unspecified atom stereocenters. The summed E-state index contributed by atoms with van der Waals surface area (Å²) >= 11 is 0. The van der Waals surface area contributed by atoms with Crippen LogP contribution in [0, 0.1) is 26.2 Å². The summed E-state index contributed by atoms with van der Waals surface area (Å²) in [4.78, 5) is 21.5. The van der Waals surface area contributed by atoms with Crippen LogP contribution in [0.25, 0.3) is 0 Å². The van der Waals surface area contributed by atoms with Gasteiger partial charge in [0.15, 0.2) is 6.29 Å². The SMILES string of the molecule is C#C[C@@H](Nc1nc(C)nc(CC(=O)NC2(C(F)F)CC2)c1C1OCCO1)c1cccc(C(F)F)c1C.